The number of nitrogens with zero attached hydrogens (tertiary/aromatic N) is 1. The predicted molar refractivity (Wildman–Crippen MR) is 82.4 cm³/mol. The zero-order valence-electron chi connectivity index (χ0n) is 12.8. The topological polar surface area (TPSA) is 32.3 Å². The molecule has 3 atom stereocenters. The minimum Gasteiger partial charge on any atom is -0.323 e. The van der Waals surface area contributed by atoms with Gasteiger partial charge in [-0.2, -0.15) is 0 Å². The van der Waals surface area contributed by atoms with Crippen LogP contribution in [0.4, 0.5) is 0 Å². The number of amides is 1. The van der Waals surface area contributed by atoms with E-state index in [1.165, 1.54) is 5.56 Å². The van der Waals surface area contributed by atoms with Crippen LogP contribution in [0, 0.1) is 0 Å². The van der Waals surface area contributed by atoms with Crippen LogP contribution in [0.1, 0.15) is 45.6 Å². The van der Waals surface area contributed by atoms with Crippen molar-refractivity contribution in [2.24, 2.45) is 0 Å². The molecular formula is C17H26N2O. The van der Waals surface area contributed by atoms with Crippen LogP contribution in [0.15, 0.2) is 30.3 Å². The first-order chi connectivity index (χ1) is 9.67. The molecule has 3 nitrogen and oxygen atoms in total. The molecule has 1 fully saturated rings. The fourth-order valence-electron chi connectivity index (χ4n) is 2.93. The van der Waals surface area contributed by atoms with Crippen molar-refractivity contribution in [3.63, 3.8) is 0 Å². The number of benzene rings is 1. The maximum atomic E-state index is 12.7. The van der Waals surface area contributed by atoms with Gasteiger partial charge >= 0.3 is 0 Å². The second kappa shape index (κ2) is 6.89. The molecule has 1 aromatic carbocycles. The van der Waals surface area contributed by atoms with E-state index < -0.39 is 0 Å². The monoisotopic (exact) mass is 274 g/mol. The Morgan fingerprint density at radius 1 is 1.25 bits per heavy atom. The van der Waals surface area contributed by atoms with E-state index in [0.717, 1.165) is 25.7 Å². The highest BCUT2D eigenvalue weighted by Crippen LogP contribution is 2.22. The summed E-state index contributed by atoms with van der Waals surface area (Å²) in [5, 5.41) is 3.53. The summed E-state index contributed by atoms with van der Waals surface area (Å²) in [4.78, 5) is 14.7. The fraction of sp³-hybridized carbons (Fsp3) is 0.588. The van der Waals surface area contributed by atoms with Crippen molar-refractivity contribution >= 4 is 5.91 Å². The summed E-state index contributed by atoms with van der Waals surface area (Å²) in [6.07, 6.45) is 4.12. The first kappa shape index (κ1) is 15.0. The smallest absolute Gasteiger partial charge is 0.241 e. The van der Waals surface area contributed by atoms with Gasteiger partial charge in [-0.25, -0.2) is 0 Å². The van der Waals surface area contributed by atoms with Crippen LogP contribution in [0.2, 0.25) is 0 Å². The maximum Gasteiger partial charge on any atom is 0.241 e. The molecule has 2 rings (SSSR count). The number of carbonyl (C=O) groups excluding carboxylic acids is 1. The van der Waals surface area contributed by atoms with Gasteiger partial charge in [0.2, 0.25) is 5.91 Å². The van der Waals surface area contributed by atoms with Gasteiger partial charge in [0, 0.05) is 6.04 Å². The molecule has 1 saturated heterocycles. The molecule has 20 heavy (non-hydrogen) atoms. The third kappa shape index (κ3) is 3.21. The number of hydrogen-bond acceptors (Lipinski definition) is 2. The summed E-state index contributed by atoms with van der Waals surface area (Å²) in [6.45, 7) is 6.46. The highest BCUT2D eigenvalue weighted by Gasteiger charge is 2.39. The molecule has 3 heteroatoms. The summed E-state index contributed by atoms with van der Waals surface area (Å²) in [6, 6.07) is 10.5. The number of nitrogens with one attached hydrogen (secondary N) is 1. The average Bonchev–Trinajstić information content (AvgIpc) is 2.76. The van der Waals surface area contributed by atoms with Crippen LogP contribution in [0.5, 0.6) is 0 Å². The molecule has 0 saturated carbocycles. The highest BCUT2D eigenvalue weighted by molar-refractivity contribution is 5.85. The molecule has 0 aromatic heterocycles. The zero-order valence-corrected chi connectivity index (χ0v) is 12.8. The fourth-order valence-corrected chi connectivity index (χ4v) is 2.93. The van der Waals surface area contributed by atoms with E-state index in [-0.39, 0.29) is 18.1 Å². The van der Waals surface area contributed by atoms with Crippen LogP contribution in [0.25, 0.3) is 0 Å². The van der Waals surface area contributed by atoms with Crippen LogP contribution < -0.4 is 5.32 Å². The lowest BCUT2D eigenvalue weighted by Gasteiger charge is -2.29. The van der Waals surface area contributed by atoms with E-state index >= 15 is 0 Å². The van der Waals surface area contributed by atoms with E-state index in [1.54, 1.807) is 0 Å². The van der Waals surface area contributed by atoms with E-state index in [4.69, 9.17) is 0 Å². The lowest BCUT2D eigenvalue weighted by molar-refractivity contribution is -0.132. The molecule has 0 bridgehead atoms. The molecule has 0 radical (unpaired) electrons. The van der Waals surface area contributed by atoms with Crippen LogP contribution >= 0.6 is 0 Å². The Bertz CT molecular complexity index is 432. The molecule has 1 aliphatic rings. The van der Waals surface area contributed by atoms with E-state index in [1.807, 2.05) is 18.2 Å². The van der Waals surface area contributed by atoms with Gasteiger partial charge in [0.25, 0.3) is 0 Å². The minimum absolute atomic E-state index is 0.0667. The van der Waals surface area contributed by atoms with Crippen molar-refractivity contribution in [1.82, 2.24) is 10.2 Å². The number of hydrogen-bond donors (Lipinski definition) is 1. The molecule has 1 aliphatic heterocycles. The van der Waals surface area contributed by atoms with Gasteiger partial charge in [-0.1, -0.05) is 50.6 Å². The van der Waals surface area contributed by atoms with Crippen molar-refractivity contribution < 1.29 is 4.79 Å². The lowest BCUT2D eigenvalue weighted by atomic mass is 10.1. The number of rotatable bonds is 6. The van der Waals surface area contributed by atoms with E-state index in [9.17, 15) is 4.79 Å². The summed E-state index contributed by atoms with van der Waals surface area (Å²) in [5.74, 6) is 0.265. The average molecular weight is 274 g/mol. The normalized spacial score (nSPS) is 24.1. The van der Waals surface area contributed by atoms with Gasteiger partial charge in [-0.3, -0.25) is 10.1 Å². The Kier molecular flexibility index (Phi) is 5.18. The third-order valence-electron chi connectivity index (χ3n) is 4.19. The van der Waals surface area contributed by atoms with Crippen molar-refractivity contribution in [2.45, 2.75) is 64.7 Å². The van der Waals surface area contributed by atoms with Crippen molar-refractivity contribution in [3.05, 3.63) is 35.9 Å². The van der Waals surface area contributed by atoms with Crippen molar-refractivity contribution in [2.75, 3.05) is 0 Å². The Labute approximate surface area is 122 Å². The molecule has 0 aliphatic carbocycles. The van der Waals surface area contributed by atoms with Gasteiger partial charge in [0.05, 0.1) is 12.2 Å². The van der Waals surface area contributed by atoms with Crippen LogP contribution in [-0.4, -0.2) is 29.1 Å². The molecular weight excluding hydrogens is 248 g/mol. The zero-order chi connectivity index (χ0) is 14.5. The lowest BCUT2D eigenvalue weighted by Crippen LogP contribution is -2.42. The van der Waals surface area contributed by atoms with Gasteiger partial charge in [-0.05, 0) is 31.7 Å². The molecule has 1 aromatic rings. The Morgan fingerprint density at radius 2 is 1.95 bits per heavy atom. The van der Waals surface area contributed by atoms with E-state index in [0.29, 0.717) is 6.04 Å². The van der Waals surface area contributed by atoms with Crippen LogP contribution in [-0.2, 0) is 11.2 Å². The highest BCUT2D eigenvalue weighted by atomic mass is 16.2. The van der Waals surface area contributed by atoms with Gasteiger partial charge in [-0.15, -0.1) is 0 Å². The first-order valence-corrected chi connectivity index (χ1v) is 7.79. The van der Waals surface area contributed by atoms with Gasteiger partial charge in [0.1, 0.15) is 0 Å². The Morgan fingerprint density at radius 3 is 2.55 bits per heavy atom. The maximum absolute atomic E-state index is 12.7. The second-order valence-corrected chi connectivity index (χ2v) is 5.72. The second-order valence-electron chi connectivity index (χ2n) is 5.72. The molecule has 1 N–H and O–H groups in total. The summed E-state index contributed by atoms with van der Waals surface area (Å²) in [5.41, 5.74) is 1.22. The van der Waals surface area contributed by atoms with Gasteiger partial charge < -0.3 is 4.90 Å². The SMILES string of the molecule is CCCC1NC(Cc2ccccc2)C(=O)N1C(C)CC. The first-order valence-electron chi connectivity index (χ1n) is 7.79. The summed E-state index contributed by atoms with van der Waals surface area (Å²) >= 11 is 0. The molecule has 0 spiro atoms. The summed E-state index contributed by atoms with van der Waals surface area (Å²) in [7, 11) is 0. The van der Waals surface area contributed by atoms with Crippen molar-refractivity contribution in [1.29, 1.82) is 0 Å². The van der Waals surface area contributed by atoms with Crippen LogP contribution in [0.3, 0.4) is 0 Å². The Hall–Kier alpha value is -1.35. The number of carbonyl (C=O) groups is 1. The molecule has 1 amide bonds. The predicted octanol–water partition coefficient (Wildman–Crippen LogP) is 2.95. The van der Waals surface area contributed by atoms with E-state index in [2.05, 4.69) is 43.1 Å². The largest absolute Gasteiger partial charge is 0.323 e. The molecule has 110 valence electrons. The van der Waals surface area contributed by atoms with Gasteiger partial charge in [0.15, 0.2) is 0 Å². The minimum atomic E-state index is -0.0667. The summed E-state index contributed by atoms with van der Waals surface area (Å²) < 4.78 is 0. The standard InChI is InChI=1S/C17H26N2O/c1-4-9-16-18-15(12-14-10-7-6-8-11-14)17(20)19(16)13(3)5-2/h6-8,10-11,13,15-16,18H,4-5,9,12H2,1-3H3. The quantitative estimate of drug-likeness (QED) is 0.865. The molecule has 1 heterocycles. The molecule has 3 unspecified atom stereocenters. The third-order valence-corrected chi connectivity index (χ3v) is 4.19. The Balaban J connectivity index is 2.10. The van der Waals surface area contributed by atoms with Crippen molar-refractivity contribution in [3.8, 4) is 0 Å².